The number of amides is 2. The highest BCUT2D eigenvalue weighted by molar-refractivity contribution is 8.01. The fraction of sp³-hybridized carbons (Fsp3) is 0.278. The van der Waals surface area contributed by atoms with E-state index in [9.17, 15) is 24.3 Å². The predicted octanol–water partition coefficient (Wildman–Crippen LogP) is -0.310. The molecule has 1 saturated heterocycles. The lowest BCUT2D eigenvalue weighted by Crippen LogP contribution is -2.71. The van der Waals surface area contributed by atoms with E-state index in [1.165, 1.54) is 47.1 Å². The summed E-state index contributed by atoms with van der Waals surface area (Å²) in [6, 6.07) is 0.650. The van der Waals surface area contributed by atoms with Crippen LogP contribution in [0.3, 0.4) is 0 Å². The highest BCUT2D eigenvalue weighted by Crippen LogP contribution is 2.41. The molecule has 4 heterocycles. The van der Waals surface area contributed by atoms with E-state index in [-0.39, 0.29) is 28.0 Å². The number of thioether (sulfide) groups is 2. The molecule has 0 spiro atoms. The molecule has 0 radical (unpaired) electrons. The van der Waals surface area contributed by atoms with Crippen LogP contribution in [0.1, 0.15) is 5.69 Å². The minimum atomic E-state index is -1.25. The van der Waals surface area contributed by atoms with Crippen LogP contribution in [0, 0.1) is 0 Å². The summed E-state index contributed by atoms with van der Waals surface area (Å²) in [5, 5.41) is 17.8. The second-order valence-electron chi connectivity index (χ2n) is 6.84. The quantitative estimate of drug-likeness (QED) is 0.117. The van der Waals surface area contributed by atoms with Crippen LogP contribution in [0.15, 0.2) is 43.9 Å². The van der Waals surface area contributed by atoms with Gasteiger partial charge in [-0.3, -0.25) is 14.5 Å². The Morgan fingerprint density at radius 1 is 1.47 bits per heavy atom. The molecule has 34 heavy (non-hydrogen) atoms. The maximum absolute atomic E-state index is 12.9. The fourth-order valence-corrected chi connectivity index (χ4v) is 6.21. The number of hydrogen-bond acceptors (Lipinski definition) is 12. The number of carbonyl (C=O) groups excluding carboxylic acids is 2. The third-order valence-corrected chi connectivity index (χ3v) is 7.80. The van der Waals surface area contributed by atoms with Gasteiger partial charge in [0.15, 0.2) is 10.8 Å². The van der Waals surface area contributed by atoms with Crippen LogP contribution in [0.2, 0.25) is 0 Å². The van der Waals surface area contributed by atoms with Gasteiger partial charge in [-0.05, 0) is 11.6 Å². The number of nitrogens with zero attached hydrogens (tertiary/aromatic N) is 4. The molecule has 13 nitrogen and oxygen atoms in total. The van der Waals surface area contributed by atoms with E-state index in [1.807, 2.05) is 0 Å². The van der Waals surface area contributed by atoms with Crippen molar-refractivity contribution in [1.29, 1.82) is 0 Å². The lowest BCUT2D eigenvalue weighted by Gasteiger charge is -2.49. The molecular weight excluding hydrogens is 506 g/mol. The molecule has 2 aliphatic heterocycles. The summed E-state index contributed by atoms with van der Waals surface area (Å²) in [7, 11) is 1.27. The van der Waals surface area contributed by atoms with Crippen molar-refractivity contribution in [1.82, 2.24) is 25.2 Å². The number of aromatic amines is 1. The van der Waals surface area contributed by atoms with Gasteiger partial charge in [0.1, 0.15) is 29.9 Å². The number of anilines is 1. The molecule has 2 aromatic rings. The second kappa shape index (κ2) is 9.86. The maximum Gasteiger partial charge on any atom is 0.352 e. The Hall–Kier alpha value is -3.37. The van der Waals surface area contributed by atoms with Gasteiger partial charge < -0.3 is 26.0 Å². The monoisotopic (exact) mass is 523 g/mol. The second-order valence-corrected chi connectivity index (χ2v) is 9.85. The Labute approximate surface area is 203 Å². The summed E-state index contributed by atoms with van der Waals surface area (Å²) >= 11 is 3.67. The minimum Gasteiger partial charge on any atom is -0.477 e. The van der Waals surface area contributed by atoms with Gasteiger partial charge in [0.25, 0.3) is 11.8 Å². The first-order chi connectivity index (χ1) is 16.3. The number of aliphatic carboxylic acids is 1. The molecule has 0 saturated carbocycles. The number of carbonyl (C=O) groups is 3. The van der Waals surface area contributed by atoms with Gasteiger partial charge in [0.2, 0.25) is 0 Å². The van der Waals surface area contributed by atoms with Gasteiger partial charge in [0.05, 0.1) is 5.03 Å². The summed E-state index contributed by atoms with van der Waals surface area (Å²) in [5.74, 6) is -1.93. The molecule has 0 bridgehead atoms. The number of rotatable bonds is 8. The zero-order valence-electron chi connectivity index (χ0n) is 17.4. The van der Waals surface area contributed by atoms with Crippen LogP contribution in [0.5, 0.6) is 0 Å². The molecule has 2 amide bonds. The molecule has 2 aromatic heterocycles. The molecule has 5 N–H and O–H groups in total. The number of nitrogen functional groups attached to an aromatic ring is 1. The molecule has 0 aliphatic carbocycles. The Morgan fingerprint density at radius 2 is 2.26 bits per heavy atom. The molecular formula is C18H17N7O6S3. The van der Waals surface area contributed by atoms with Crippen LogP contribution >= 0.6 is 34.9 Å². The van der Waals surface area contributed by atoms with Crippen molar-refractivity contribution in [2.24, 2.45) is 5.16 Å². The Bertz CT molecular complexity index is 1270. The number of carboxylic acids is 1. The lowest BCUT2D eigenvalue weighted by atomic mass is 10.0. The van der Waals surface area contributed by atoms with Crippen molar-refractivity contribution in [3.63, 3.8) is 0 Å². The molecule has 2 aliphatic rings. The summed E-state index contributed by atoms with van der Waals surface area (Å²) in [6.45, 7) is 0. The van der Waals surface area contributed by atoms with E-state index in [4.69, 9.17) is 10.6 Å². The van der Waals surface area contributed by atoms with Gasteiger partial charge >= 0.3 is 11.7 Å². The Morgan fingerprint density at radius 3 is 2.91 bits per heavy atom. The first-order valence-corrected chi connectivity index (χ1v) is 12.4. The maximum atomic E-state index is 12.9. The predicted molar refractivity (Wildman–Crippen MR) is 125 cm³/mol. The van der Waals surface area contributed by atoms with E-state index in [0.717, 1.165) is 11.3 Å². The SMILES string of the molecule is CO/N=C(\C(=O)NC1C(=O)N2C(C(=O)O)=C(CSc3ccnc(=O)[nH]3)CS[C@H]12)c1csc(N)n1. The molecule has 0 aromatic carbocycles. The van der Waals surface area contributed by atoms with Crippen LogP contribution in [-0.2, 0) is 19.2 Å². The van der Waals surface area contributed by atoms with Crippen LogP contribution in [-0.4, -0.2) is 78.5 Å². The number of carboxylic acid groups (broad SMARTS) is 1. The third-order valence-electron chi connectivity index (χ3n) is 4.75. The van der Waals surface area contributed by atoms with E-state index in [2.05, 4.69) is 25.4 Å². The smallest absolute Gasteiger partial charge is 0.352 e. The number of hydrogen-bond donors (Lipinski definition) is 4. The number of nitrogens with two attached hydrogens (primary N) is 1. The van der Waals surface area contributed by atoms with Crippen LogP contribution < -0.4 is 16.7 Å². The zero-order valence-corrected chi connectivity index (χ0v) is 19.8. The number of H-pyrrole nitrogens is 1. The van der Waals surface area contributed by atoms with Crippen LogP contribution in [0.4, 0.5) is 5.13 Å². The Kier molecular flexibility index (Phi) is 6.90. The van der Waals surface area contributed by atoms with E-state index in [1.54, 1.807) is 6.07 Å². The van der Waals surface area contributed by atoms with Crippen molar-refractivity contribution < 1.29 is 24.3 Å². The van der Waals surface area contributed by atoms with Crippen molar-refractivity contribution in [3.8, 4) is 0 Å². The number of thiazole rings is 1. The van der Waals surface area contributed by atoms with Crippen LogP contribution in [0.25, 0.3) is 0 Å². The summed E-state index contributed by atoms with van der Waals surface area (Å²) in [6.07, 6.45) is 1.35. The number of nitrogens with one attached hydrogen (secondary N) is 2. The van der Waals surface area contributed by atoms with Crippen molar-refractivity contribution >= 4 is 63.5 Å². The number of β-lactam (4-membered cyclic amide) rings is 1. The van der Waals surface area contributed by atoms with Crippen molar-refractivity contribution in [3.05, 3.63) is 45.1 Å². The molecule has 178 valence electrons. The van der Waals surface area contributed by atoms with Gasteiger partial charge in [-0.15, -0.1) is 34.9 Å². The summed E-state index contributed by atoms with van der Waals surface area (Å²) in [5.41, 5.74) is 5.55. The lowest BCUT2D eigenvalue weighted by molar-refractivity contribution is -0.150. The molecule has 1 unspecified atom stereocenters. The van der Waals surface area contributed by atoms with Gasteiger partial charge in [0, 0.05) is 23.1 Å². The number of fused-ring (bicyclic) bond motifs is 1. The largest absolute Gasteiger partial charge is 0.477 e. The van der Waals surface area contributed by atoms with Gasteiger partial charge in [-0.25, -0.2) is 19.6 Å². The minimum absolute atomic E-state index is 0.124. The Balaban J connectivity index is 1.49. The third kappa shape index (κ3) is 4.64. The van der Waals surface area contributed by atoms with Gasteiger partial charge in [-0.1, -0.05) is 5.16 Å². The summed E-state index contributed by atoms with van der Waals surface area (Å²) < 4.78 is 0. The topological polar surface area (TPSA) is 193 Å². The molecule has 16 heteroatoms. The molecule has 1 fully saturated rings. The molecule has 4 rings (SSSR count). The normalized spacial score (nSPS) is 20.0. The van der Waals surface area contributed by atoms with E-state index >= 15 is 0 Å². The van der Waals surface area contributed by atoms with Crippen molar-refractivity contribution in [2.75, 3.05) is 24.3 Å². The first kappa shape index (κ1) is 23.8. The highest BCUT2D eigenvalue weighted by atomic mass is 32.2. The number of oxime groups is 1. The van der Waals surface area contributed by atoms with E-state index < -0.39 is 34.9 Å². The molecule has 2 atom stereocenters. The first-order valence-electron chi connectivity index (χ1n) is 9.51. The average Bonchev–Trinajstić information content (AvgIpc) is 3.24. The average molecular weight is 524 g/mol. The van der Waals surface area contributed by atoms with Gasteiger partial charge in [-0.2, -0.15) is 0 Å². The highest BCUT2D eigenvalue weighted by Gasteiger charge is 2.54. The standard InChI is InChI=1S/C18H17N7O6S3/c1-31-24-10(8-6-34-17(19)21-8)13(26)23-11-14(27)25-12(16(28)29)7(5-33-15(11)25)4-32-9-2-3-20-18(30)22-9/h2-3,6,11,15H,4-5H2,1H3,(H2,19,21)(H,23,26)(H,28,29)(H,20,22,30)/b24-10-/t11?,15-/m1/s1. The summed E-state index contributed by atoms with van der Waals surface area (Å²) in [4.78, 5) is 65.0. The van der Waals surface area contributed by atoms with Crippen molar-refractivity contribution in [2.45, 2.75) is 16.4 Å². The fourth-order valence-electron chi connectivity index (χ4n) is 3.30. The van der Waals surface area contributed by atoms with E-state index in [0.29, 0.717) is 16.4 Å². The zero-order chi connectivity index (χ0) is 24.4. The number of aromatic nitrogens is 3.